The molecule has 0 spiro atoms. The van der Waals surface area contributed by atoms with Gasteiger partial charge in [0, 0.05) is 12.7 Å². The Labute approximate surface area is 76.0 Å². The van der Waals surface area contributed by atoms with Crippen LogP contribution in [0.4, 0.5) is 0 Å². The van der Waals surface area contributed by atoms with E-state index in [0.717, 1.165) is 11.4 Å². The van der Waals surface area contributed by atoms with Gasteiger partial charge in [-0.15, -0.1) is 0 Å². The highest BCUT2D eigenvalue weighted by Gasteiger charge is 2.17. The summed E-state index contributed by atoms with van der Waals surface area (Å²) in [5.74, 6) is 0.342. The van der Waals surface area contributed by atoms with Crippen molar-refractivity contribution in [2.75, 3.05) is 7.05 Å². The Balaban J connectivity index is 2.76. The monoisotopic (exact) mass is 189 g/mol. The lowest BCUT2D eigenvalue weighted by molar-refractivity contribution is 0.641. The summed E-state index contributed by atoms with van der Waals surface area (Å²) in [6.45, 7) is 1.87. The number of nitrogens with two attached hydrogens (primary N) is 1. The summed E-state index contributed by atoms with van der Waals surface area (Å²) in [5.41, 5.74) is 12.3. The van der Waals surface area contributed by atoms with E-state index in [-0.39, 0.29) is 0 Å². The molecule has 0 radical (unpaired) electrons. The van der Waals surface area contributed by atoms with E-state index in [9.17, 15) is 0 Å². The van der Waals surface area contributed by atoms with Crippen molar-refractivity contribution in [3.05, 3.63) is 11.4 Å². The minimum Gasteiger partial charge on any atom is -0.370 e. The number of halogens is 1. The Hall–Kier alpha value is -0.940. The maximum absolute atomic E-state index is 5.88. The summed E-state index contributed by atoms with van der Waals surface area (Å²) in [6, 6.07) is 0. The summed E-state index contributed by atoms with van der Waals surface area (Å²) in [6.07, 6.45) is 0. The molecule has 0 aromatic heterocycles. The highest BCUT2D eigenvalue weighted by Crippen LogP contribution is 2.14. The van der Waals surface area contributed by atoms with Crippen molar-refractivity contribution >= 4 is 17.6 Å². The molecule has 0 saturated heterocycles. The highest BCUT2D eigenvalue weighted by molar-refractivity contribution is 6.23. The number of guanidine groups is 1. The van der Waals surface area contributed by atoms with E-state index in [1.807, 2.05) is 6.92 Å². The van der Waals surface area contributed by atoms with Gasteiger partial charge in [0.25, 0.3) is 0 Å². The number of hydrazine groups is 1. The van der Waals surface area contributed by atoms with Crippen LogP contribution in [0.2, 0.25) is 0 Å². The van der Waals surface area contributed by atoms with Crippen molar-refractivity contribution in [2.24, 2.45) is 10.7 Å². The molecule has 1 unspecified atom stereocenters. The van der Waals surface area contributed by atoms with Crippen molar-refractivity contribution in [2.45, 2.75) is 12.4 Å². The van der Waals surface area contributed by atoms with Gasteiger partial charge in [0.15, 0.2) is 11.5 Å². The number of hydrogen-bond acceptors (Lipinski definition) is 5. The first-order chi connectivity index (χ1) is 5.65. The molecule has 6 heteroatoms. The predicted molar refractivity (Wildman–Crippen MR) is 49.3 cm³/mol. The summed E-state index contributed by atoms with van der Waals surface area (Å²) in [7, 11) is 1.76. The van der Waals surface area contributed by atoms with Crippen molar-refractivity contribution < 1.29 is 0 Å². The van der Waals surface area contributed by atoms with Crippen LogP contribution in [0.5, 0.6) is 0 Å². The molecule has 1 atom stereocenters. The maximum Gasteiger partial charge on any atom is 0.194 e. The number of hydrogen-bond donors (Lipinski definition) is 4. The normalized spacial score (nSPS) is 23.2. The average molecular weight is 190 g/mol. The van der Waals surface area contributed by atoms with Crippen LogP contribution in [0, 0.1) is 0 Å². The quantitative estimate of drug-likeness (QED) is 0.267. The van der Waals surface area contributed by atoms with Crippen LogP contribution in [0.25, 0.3) is 0 Å². The Morgan fingerprint density at radius 2 is 2.33 bits per heavy atom. The fourth-order valence-corrected chi connectivity index (χ4v) is 1.27. The molecule has 5 N–H and O–H groups in total. The first-order valence-corrected chi connectivity index (χ1v) is 3.96. The van der Waals surface area contributed by atoms with E-state index < -0.39 is 5.50 Å². The van der Waals surface area contributed by atoms with Gasteiger partial charge in [-0.25, -0.2) is 10.4 Å². The molecule has 0 bridgehead atoms. The van der Waals surface area contributed by atoms with Gasteiger partial charge in [0.05, 0.1) is 5.70 Å². The highest BCUT2D eigenvalue weighted by atomic mass is 35.5. The molecule has 68 valence electrons. The first kappa shape index (κ1) is 9.15. The summed E-state index contributed by atoms with van der Waals surface area (Å²) < 4.78 is 0. The van der Waals surface area contributed by atoms with Crippen LogP contribution in [-0.4, -0.2) is 18.5 Å². The number of alkyl halides is 1. The standard InChI is InChI=1S/C6H12ClN5/c1-3-4(12-9-2)5(7)11-6(8)10-3/h5,9,12H,1-2H3,(H3,8,10,11). The third-order valence-corrected chi connectivity index (χ3v) is 1.79. The number of allylic oxidation sites excluding steroid dienone is 1. The summed E-state index contributed by atoms with van der Waals surface area (Å²) >= 11 is 5.88. The average Bonchev–Trinajstić information content (AvgIpc) is 1.96. The van der Waals surface area contributed by atoms with Gasteiger partial charge in [-0.2, -0.15) is 0 Å². The molecule has 0 fully saturated rings. The summed E-state index contributed by atoms with van der Waals surface area (Å²) in [4.78, 5) is 3.92. The van der Waals surface area contributed by atoms with Crippen molar-refractivity contribution in [1.82, 2.24) is 16.2 Å². The molecule has 12 heavy (non-hydrogen) atoms. The number of nitrogens with zero attached hydrogens (tertiary/aromatic N) is 1. The van der Waals surface area contributed by atoms with Gasteiger partial charge < -0.3 is 16.5 Å². The molecular formula is C6H12ClN5. The SMILES string of the molecule is CNNC1=C(C)NC(N)=NC1Cl. The maximum atomic E-state index is 5.88. The van der Waals surface area contributed by atoms with E-state index in [0.29, 0.717) is 5.96 Å². The van der Waals surface area contributed by atoms with Crippen LogP contribution in [0.3, 0.4) is 0 Å². The van der Waals surface area contributed by atoms with Gasteiger partial charge in [0.2, 0.25) is 0 Å². The molecule has 1 aliphatic heterocycles. The van der Waals surface area contributed by atoms with Crippen LogP contribution >= 0.6 is 11.6 Å². The van der Waals surface area contributed by atoms with Crippen molar-refractivity contribution in [1.29, 1.82) is 0 Å². The Bertz CT molecular complexity index is 234. The van der Waals surface area contributed by atoms with E-state index in [4.69, 9.17) is 17.3 Å². The fraction of sp³-hybridized carbons (Fsp3) is 0.500. The molecular weight excluding hydrogens is 178 g/mol. The smallest absolute Gasteiger partial charge is 0.194 e. The zero-order valence-corrected chi connectivity index (χ0v) is 7.74. The van der Waals surface area contributed by atoms with Gasteiger partial charge >= 0.3 is 0 Å². The molecule has 0 saturated carbocycles. The Morgan fingerprint density at radius 1 is 1.67 bits per heavy atom. The number of nitrogens with one attached hydrogen (secondary N) is 3. The third kappa shape index (κ3) is 1.80. The second kappa shape index (κ2) is 3.64. The largest absolute Gasteiger partial charge is 0.370 e. The molecule has 1 rings (SSSR count). The molecule has 0 aliphatic carbocycles. The van der Waals surface area contributed by atoms with Crippen LogP contribution in [0.15, 0.2) is 16.4 Å². The Morgan fingerprint density at radius 3 is 2.83 bits per heavy atom. The predicted octanol–water partition coefficient (Wildman–Crippen LogP) is -0.575. The van der Waals surface area contributed by atoms with E-state index >= 15 is 0 Å². The third-order valence-electron chi connectivity index (χ3n) is 1.47. The fourth-order valence-electron chi connectivity index (χ4n) is 0.945. The lowest BCUT2D eigenvalue weighted by Gasteiger charge is -2.21. The van der Waals surface area contributed by atoms with Crippen LogP contribution in [-0.2, 0) is 0 Å². The van der Waals surface area contributed by atoms with Gasteiger partial charge in [-0.05, 0) is 6.92 Å². The van der Waals surface area contributed by atoms with Crippen LogP contribution < -0.4 is 21.9 Å². The van der Waals surface area contributed by atoms with Crippen LogP contribution in [0.1, 0.15) is 6.92 Å². The van der Waals surface area contributed by atoms with Gasteiger partial charge in [0.1, 0.15) is 0 Å². The number of aliphatic imine (C=N–C) groups is 1. The second-order valence-electron chi connectivity index (χ2n) is 2.39. The zero-order chi connectivity index (χ0) is 9.14. The minimum absolute atomic E-state index is 0.342. The molecule has 0 aromatic carbocycles. The van der Waals surface area contributed by atoms with Gasteiger partial charge in [-0.1, -0.05) is 11.6 Å². The van der Waals surface area contributed by atoms with E-state index in [2.05, 4.69) is 21.2 Å². The molecule has 1 aliphatic rings. The first-order valence-electron chi connectivity index (χ1n) is 3.53. The summed E-state index contributed by atoms with van der Waals surface area (Å²) in [5, 5.41) is 2.86. The molecule has 1 heterocycles. The van der Waals surface area contributed by atoms with Gasteiger partial charge in [-0.3, -0.25) is 0 Å². The number of rotatable bonds is 2. The van der Waals surface area contributed by atoms with Crippen molar-refractivity contribution in [3.8, 4) is 0 Å². The van der Waals surface area contributed by atoms with E-state index in [1.54, 1.807) is 7.05 Å². The second-order valence-corrected chi connectivity index (χ2v) is 2.80. The Kier molecular flexibility index (Phi) is 2.78. The lowest BCUT2D eigenvalue weighted by atomic mass is 10.3. The molecule has 0 amide bonds. The molecule has 0 aromatic rings. The zero-order valence-electron chi connectivity index (χ0n) is 6.98. The lowest BCUT2D eigenvalue weighted by Crippen LogP contribution is -2.42. The van der Waals surface area contributed by atoms with E-state index in [1.165, 1.54) is 0 Å². The topological polar surface area (TPSA) is 74.5 Å². The van der Waals surface area contributed by atoms with Crippen molar-refractivity contribution in [3.63, 3.8) is 0 Å². The minimum atomic E-state index is -0.446. The molecule has 5 nitrogen and oxygen atoms in total.